The van der Waals surface area contributed by atoms with E-state index >= 15 is 0 Å². The lowest BCUT2D eigenvalue weighted by Crippen LogP contribution is -2.23. The van der Waals surface area contributed by atoms with Crippen molar-refractivity contribution in [1.82, 2.24) is 14.5 Å². The number of nitriles is 1. The number of nitrogens with zero attached hydrogens (tertiary/aromatic N) is 3. The van der Waals surface area contributed by atoms with Crippen LogP contribution in [-0.2, 0) is 23.6 Å². The highest BCUT2D eigenvalue weighted by molar-refractivity contribution is 7.89. The fourth-order valence-corrected chi connectivity index (χ4v) is 3.10. The third-order valence-corrected chi connectivity index (χ3v) is 4.77. The van der Waals surface area contributed by atoms with E-state index in [1.165, 1.54) is 12.1 Å². The SMILES string of the molecule is Cc1nn(C)c(C)c1CNS(=O)(=O)c1cccc(C#N)c1. The van der Waals surface area contributed by atoms with Crippen LogP contribution in [-0.4, -0.2) is 18.2 Å². The van der Waals surface area contributed by atoms with Crippen LogP contribution in [0, 0.1) is 25.2 Å². The first-order valence-electron chi connectivity index (χ1n) is 6.34. The zero-order valence-electron chi connectivity index (χ0n) is 12.1. The van der Waals surface area contributed by atoms with Crippen molar-refractivity contribution in [3.05, 3.63) is 46.8 Å². The van der Waals surface area contributed by atoms with Gasteiger partial charge in [0, 0.05) is 24.8 Å². The molecule has 110 valence electrons. The normalized spacial score (nSPS) is 11.3. The van der Waals surface area contributed by atoms with Gasteiger partial charge in [0.15, 0.2) is 0 Å². The standard InChI is InChI=1S/C14H16N4O2S/c1-10-14(11(2)18(3)17-10)9-16-21(19,20)13-6-4-5-12(7-13)8-15/h4-7,16H,9H2,1-3H3. The molecule has 7 heteroatoms. The second kappa shape index (κ2) is 5.68. The van der Waals surface area contributed by atoms with Gasteiger partial charge in [0.25, 0.3) is 0 Å². The van der Waals surface area contributed by atoms with Crippen LogP contribution < -0.4 is 4.72 Å². The first-order chi connectivity index (χ1) is 9.85. The molecule has 2 aromatic rings. The maximum absolute atomic E-state index is 12.3. The summed E-state index contributed by atoms with van der Waals surface area (Å²) in [5.41, 5.74) is 2.88. The van der Waals surface area contributed by atoms with Crippen molar-refractivity contribution in [2.24, 2.45) is 7.05 Å². The molecular weight excluding hydrogens is 288 g/mol. The molecule has 1 heterocycles. The van der Waals surface area contributed by atoms with Crippen molar-refractivity contribution in [1.29, 1.82) is 5.26 Å². The van der Waals surface area contributed by atoms with Gasteiger partial charge in [0.1, 0.15) is 0 Å². The Morgan fingerprint density at radius 2 is 2.10 bits per heavy atom. The molecule has 6 nitrogen and oxygen atoms in total. The zero-order chi connectivity index (χ0) is 15.6. The second-order valence-corrected chi connectivity index (χ2v) is 6.50. The summed E-state index contributed by atoms with van der Waals surface area (Å²) in [7, 11) is -1.84. The Bertz CT molecular complexity index is 816. The molecule has 0 amide bonds. The van der Waals surface area contributed by atoms with Gasteiger partial charge >= 0.3 is 0 Å². The molecule has 0 aliphatic carbocycles. The van der Waals surface area contributed by atoms with Crippen molar-refractivity contribution in [3.8, 4) is 6.07 Å². The number of aromatic nitrogens is 2. The summed E-state index contributed by atoms with van der Waals surface area (Å²) in [5.74, 6) is 0. The molecule has 0 saturated heterocycles. The lowest BCUT2D eigenvalue weighted by atomic mass is 10.2. The maximum atomic E-state index is 12.3. The Labute approximate surface area is 124 Å². The molecule has 0 atom stereocenters. The summed E-state index contributed by atoms with van der Waals surface area (Å²) in [6, 6.07) is 7.86. The van der Waals surface area contributed by atoms with Crippen molar-refractivity contribution >= 4 is 10.0 Å². The van der Waals surface area contributed by atoms with Crippen LogP contribution in [0.4, 0.5) is 0 Å². The van der Waals surface area contributed by atoms with Gasteiger partial charge in [-0.25, -0.2) is 13.1 Å². The monoisotopic (exact) mass is 304 g/mol. The van der Waals surface area contributed by atoms with Gasteiger partial charge in [-0.05, 0) is 32.0 Å². The third-order valence-electron chi connectivity index (χ3n) is 3.37. The smallest absolute Gasteiger partial charge is 0.240 e. The molecule has 21 heavy (non-hydrogen) atoms. The van der Waals surface area contributed by atoms with Crippen LogP contribution in [0.3, 0.4) is 0 Å². The molecule has 0 radical (unpaired) electrons. The molecule has 0 fully saturated rings. The van der Waals surface area contributed by atoms with E-state index in [0.717, 1.165) is 17.0 Å². The van der Waals surface area contributed by atoms with Gasteiger partial charge in [-0.3, -0.25) is 4.68 Å². The zero-order valence-corrected chi connectivity index (χ0v) is 12.9. The third kappa shape index (κ3) is 3.12. The molecule has 0 spiro atoms. The molecular formula is C14H16N4O2S. The topological polar surface area (TPSA) is 87.8 Å². The second-order valence-electron chi connectivity index (χ2n) is 4.74. The van der Waals surface area contributed by atoms with Crippen molar-refractivity contribution < 1.29 is 8.42 Å². The van der Waals surface area contributed by atoms with Crippen LogP contribution in [0.15, 0.2) is 29.2 Å². The van der Waals surface area contributed by atoms with Gasteiger partial charge in [-0.2, -0.15) is 10.4 Å². The van der Waals surface area contributed by atoms with Crippen molar-refractivity contribution in [2.75, 3.05) is 0 Å². The van der Waals surface area contributed by atoms with Crippen LogP contribution >= 0.6 is 0 Å². The van der Waals surface area contributed by atoms with Crippen LogP contribution in [0.2, 0.25) is 0 Å². The summed E-state index contributed by atoms with van der Waals surface area (Å²) in [6.45, 7) is 3.90. The molecule has 1 aromatic heterocycles. The average molecular weight is 304 g/mol. The summed E-state index contributed by atoms with van der Waals surface area (Å²) in [5, 5.41) is 13.1. The van der Waals surface area contributed by atoms with Crippen molar-refractivity contribution in [3.63, 3.8) is 0 Å². The fraction of sp³-hybridized carbons (Fsp3) is 0.286. The summed E-state index contributed by atoms with van der Waals surface area (Å²) in [6.07, 6.45) is 0. The van der Waals surface area contributed by atoms with E-state index in [1.807, 2.05) is 27.0 Å². The molecule has 0 aliphatic rings. The average Bonchev–Trinajstić information content (AvgIpc) is 2.70. The fourth-order valence-electron chi connectivity index (χ4n) is 2.06. The predicted molar refractivity (Wildman–Crippen MR) is 77.9 cm³/mol. The molecule has 2 rings (SSSR count). The van der Waals surface area contributed by atoms with E-state index in [9.17, 15) is 8.42 Å². The van der Waals surface area contributed by atoms with E-state index in [1.54, 1.807) is 16.8 Å². The van der Waals surface area contributed by atoms with Gasteiger partial charge in [-0.15, -0.1) is 0 Å². The van der Waals surface area contributed by atoms with Gasteiger partial charge in [0.05, 0.1) is 22.2 Å². The van der Waals surface area contributed by atoms with E-state index in [2.05, 4.69) is 9.82 Å². The summed E-state index contributed by atoms with van der Waals surface area (Å²) < 4.78 is 28.8. The van der Waals surface area contributed by atoms with Gasteiger partial charge < -0.3 is 0 Å². The predicted octanol–water partition coefficient (Wildman–Crippen LogP) is 1.39. The summed E-state index contributed by atoms with van der Waals surface area (Å²) >= 11 is 0. The largest absolute Gasteiger partial charge is 0.272 e. The minimum Gasteiger partial charge on any atom is -0.272 e. The lowest BCUT2D eigenvalue weighted by Gasteiger charge is -2.07. The minimum atomic E-state index is -3.65. The van der Waals surface area contributed by atoms with Gasteiger partial charge in [-0.1, -0.05) is 6.07 Å². The number of benzene rings is 1. The minimum absolute atomic E-state index is 0.0840. The van der Waals surface area contributed by atoms with Crippen LogP contribution in [0.1, 0.15) is 22.5 Å². The number of sulfonamides is 1. The highest BCUT2D eigenvalue weighted by atomic mass is 32.2. The highest BCUT2D eigenvalue weighted by Crippen LogP contribution is 2.15. The van der Waals surface area contributed by atoms with Crippen LogP contribution in [0.5, 0.6) is 0 Å². The van der Waals surface area contributed by atoms with E-state index < -0.39 is 10.0 Å². The summed E-state index contributed by atoms with van der Waals surface area (Å²) in [4.78, 5) is 0.0840. The Kier molecular flexibility index (Phi) is 4.11. The maximum Gasteiger partial charge on any atom is 0.240 e. The van der Waals surface area contributed by atoms with Crippen molar-refractivity contribution in [2.45, 2.75) is 25.3 Å². The lowest BCUT2D eigenvalue weighted by molar-refractivity contribution is 0.581. The number of hydrogen-bond donors (Lipinski definition) is 1. The number of rotatable bonds is 4. The number of nitrogens with one attached hydrogen (secondary N) is 1. The van der Waals surface area contributed by atoms with Gasteiger partial charge in [0.2, 0.25) is 10.0 Å². The van der Waals surface area contributed by atoms with E-state index in [-0.39, 0.29) is 11.4 Å². The Morgan fingerprint density at radius 1 is 1.38 bits per heavy atom. The molecule has 1 aromatic carbocycles. The Morgan fingerprint density at radius 3 is 2.67 bits per heavy atom. The molecule has 0 aliphatic heterocycles. The first kappa shape index (κ1) is 15.2. The molecule has 0 bridgehead atoms. The molecule has 1 N–H and O–H groups in total. The highest BCUT2D eigenvalue weighted by Gasteiger charge is 2.17. The van der Waals surface area contributed by atoms with E-state index in [4.69, 9.17) is 5.26 Å². The molecule has 0 saturated carbocycles. The Balaban J connectivity index is 2.24. The number of hydrogen-bond acceptors (Lipinski definition) is 4. The first-order valence-corrected chi connectivity index (χ1v) is 7.82. The van der Waals surface area contributed by atoms with E-state index in [0.29, 0.717) is 5.56 Å². The Hall–Kier alpha value is -2.17. The number of aryl methyl sites for hydroxylation is 2. The van der Waals surface area contributed by atoms with Crippen LogP contribution in [0.25, 0.3) is 0 Å². The molecule has 0 unspecified atom stereocenters. The quantitative estimate of drug-likeness (QED) is 0.924.